The lowest BCUT2D eigenvalue weighted by Crippen LogP contribution is -2.60. The van der Waals surface area contributed by atoms with E-state index in [0.29, 0.717) is 13.0 Å². The van der Waals surface area contributed by atoms with Gasteiger partial charge in [-0.1, -0.05) is 12.1 Å². The van der Waals surface area contributed by atoms with Gasteiger partial charge in [-0.05, 0) is 37.1 Å². The van der Waals surface area contributed by atoms with Gasteiger partial charge in [-0.2, -0.15) is 0 Å². The lowest BCUT2D eigenvalue weighted by Gasteiger charge is -2.52. The number of aromatic nitrogens is 1. The minimum atomic E-state index is -0.472. The summed E-state index contributed by atoms with van der Waals surface area (Å²) in [7, 11) is 5.29. The fraction of sp³-hybridized carbons (Fsp3) is 0.500. The van der Waals surface area contributed by atoms with Gasteiger partial charge in [0.1, 0.15) is 5.60 Å². The monoisotopic (exact) mass is 314 g/mol. The molecule has 5 heteroatoms. The molecule has 1 aliphatic carbocycles. The second-order valence-corrected chi connectivity index (χ2v) is 6.72. The summed E-state index contributed by atoms with van der Waals surface area (Å²) in [5.41, 5.74) is 3.18. The van der Waals surface area contributed by atoms with Crippen molar-refractivity contribution in [3.05, 3.63) is 35.5 Å². The number of esters is 1. The Morgan fingerprint density at radius 2 is 2.22 bits per heavy atom. The minimum absolute atomic E-state index is 0.154. The molecule has 0 unspecified atom stereocenters. The molecule has 2 aliphatic rings. The number of ether oxygens (including phenoxy) is 2. The molecule has 5 nitrogen and oxygen atoms in total. The Bertz CT molecular complexity index is 769. The van der Waals surface area contributed by atoms with Gasteiger partial charge in [0.05, 0.1) is 13.0 Å². The number of rotatable bonds is 2. The highest BCUT2D eigenvalue weighted by Crippen LogP contribution is 2.49. The highest BCUT2D eigenvalue weighted by molar-refractivity contribution is 5.89. The normalized spacial score (nSPS) is 30.2. The summed E-state index contributed by atoms with van der Waals surface area (Å²) >= 11 is 0. The van der Waals surface area contributed by atoms with Gasteiger partial charge >= 0.3 is 5.97 Å². The summed E-state index contributed by atoms with van der Waals surface area (Å²) in [4.78, 5) is 17.8. The van der Waals surface area contributed by atoms with E-state index >= 15 is 0 Å². The van der Waals surface area contributed by atoms with Crippen LogP contribution < -0.4 is 0 Å². The van der Waals surface area contributed by atoms with Crippen molar-refractivity contribution >= 4 is 16.9 Å². The number of likely N-dealkylation sites (N-methyl/N-ethyl adjacent to an activating group) is 1. The second kappa shape index (κ2) is 5.08. The van der Waals surface area contributed by atoms with Crippen molar-refractivity contribution in [2.24, 2.45) is 5.92 Å². The Labute approximate surface area is 135 Å². The molecule has 1 aromatic heterocycles. The fourth-order valence-electron chi connectivity index (χ4n) is 4.64. The third kappa shape index (κ3) is 1.90. The highest BCUT2D eigenvalue weighted by atomic mass is 16.5. The molecule has 4 rings (SSSR count). The number of carbonyl (C=O) groups is 1. The van der Waals surface area contributed by atoms with E-state index in [2.05, 4.69) is 41.3 Å². The Kier molecular flexibility index (Phi) is 3.25. The van der Waals surface area contributed by atoms with Crippen LogP contribution in [0.3, 0.4) is 0 Å². The zero-order valence-electron chi connectivity index (χ0n) is 13.8. The van der Waals surface area contributed by atoms with Crippen molar-refractivity contribution in [2.75, 3.05) is 27.8 Å². The number of nitrogens with one attached hydrogen (secondary N) is 1. The molecule has 3 atom stereocenters. The van der Waals surface area contributed by atoms with Gasteiger partial charge in [0.25, 0.3) is 0 Å². The van der Waals surface area contributed by atoms with Gasteiger partial charge in [-0.15, -0.1) is 0 Å². The number of piperidine rings is 1. The molecule has 0 bridgehead atoms. The van der Waals surface area contributed by atoms with E-state index in [1.54, 1.807) is 7.11 Å². The SMILES string of the molecule is COC(=O)[C@@H]1CN(C)[C@@H]2Cc3c[nH]c4cccc(c34)[C@@]2(OC)C1. The van der Waals surface area contributed by atoms with E-state index in [0.717, 1.165) is 11.9 Å². The molecule has 1 aliphatic heterocycles. The molecule has 2 heterocycles. The largest absolute Gasteiger partial charge is 0.469 e. The summed E-state index contributed by atoms with van der Waals surface area (Å²) in [6, 6.07) is 6.52. The fourth-order valence-corrected chi connectivity index (χ4v) is 4.64. The van der Waals surface area contributed by atoms with E-state index in [-0.39, 0.29) is 17.9 Å². The Hall–Kier alpha value is -1.85. The number of methoxy groups -OCH3 is 2. The summed E-state index contributed by atoms with van der Waals surface area (Å²) in [5.74, 6) is -0.323. The Morgan fingerprint density at radius 3 is 2.96 bits per heavy atom. The molecule has 0 amide bonds. The number of hydrogen-bond donors (Lipinski definition) is 1. The molecule has 1 aromatic carbocycles. The maximum atomic E-state index is 12.2. The number of carbonyl (C=O) groups excluding carboxylic acids is 1. The molecule has 1 N–H and O–H groups in total. The van der Waals surface area contributed by atoms with Crippen molar-refractivity contribution in [1.82, 2.24) is 9.88 Å². The smallest absolute Gasteiger partial charge is 0.310 e. The van der Waals surface area contributed by atoms with Gasteiger partial charge < -0.3 is 14.5 Å². The first-order valence-corrected chi connectivity index (χ1v) is 8.03. The third-order valence-electron chi connectivity index (χ3n) is 5.68. The molecule has 0 saturated carbocycles. The zero-order valence-corrected chi connectivity index (χ0v) is 13.8. The van der Waals surface area contributed by atoms with E-state index in [1.807, 2.05) is 0 Å². The molecular weight excluding hydrogens is 292 g/mol. The summed E-state index contributed by atoms with van der Waals surface area (Å²) in [6.07, 6.45) is 3.69. The van der Waals surface area contributed by atoms with Gasteiger partial charge in [0.2, 0.25) is 0 Å². The lowest BCUT2D eigenvalue weighted by molar-refractivity contribution is -0.163. The topological polar surface area (TPSA) is 54.6 Å². The Balaban J connectivity index is 1.90. The molecular formula is C18H22N2O3. The maximum absolute atomic E-state index is 12.2. The van der Waals surface area contributed by atoms with Crippen LogP contribution in [0, 0.1) is 5.92 Å². The van der Waals surface area contributed by atoms with Crippen LogP contribution in [-0.4, -0.2) is 49.7 Å². The van der Waals surface area contributed by atoms with Gasteiger partial charge in [-0.3, -0.25) is 9.69 Å². The van der Waals surface area contributed by atoms with E-state index in [1.165, 1.54) is 23.6 Å². The van der Waals surface area contributed by atoms with Crippen LogP contribution in [0.25, 0.3) is 10.9 Å². The van der Waals surface area contributed by atoms with E-state index in [9.17, 15) is 4.79 Å². The highest BCUT2D eigenvalue weighted by Gasteiger charge is 2.53. The van der Waals surface area contributed by atoms with Gasteiger partial charge in [-0.25, -0.2) is 0 Å². The number of fused-ring (bicyclic) bond motifs is 2. The molecule has 23 heavy (non-hydrogen) atoms. The summed E-state index contributed by atoms with van der Waals surface area (Å²) in [5, 5.41) is 1.25. The quantitative estimate of drug-likeness (QED) is 0.862. The average Bonchev–Trinajstić information content (AvgIpc) is 2.99. The van der Waals surface area contributed by atoms with Crippen LogP contribution in [0.5, 0.6) is 0 Å². The predicted molar refractivity (Wildman–Crippen MR) is 87.2 cm³/mol. The number of aromatic amines is 1. The summed E-state index contributed by atoms with van der Waals surface area (Å²) in [6.45, 7) is 0.707. The lowest BCUT2D eigenvalue weighted by atomic mass is 9.68. The third-order valence-corrected chi connectivity index (χ3v) is 5.68. The van der Waals surface area contributed by atoms with Crippen molar-refractivity contribution in [3.63, 3.8) is 0 Å². The average molecular weight is 314 g/mol. The first-order chi connectivity index (χ1) is 11.1. The zero-order chi connectivity index (χ0) is 16.2. The first kappa shape index (κ1) is 14.7. The molecule has 1 fully saturated rings. The Morgan fingerprint density at radius 1 is 1.39 bits per heavy atom. The van der Waals surface area contributed by atoms with Crippen molar-refractivity contribution < 1.29 is 14.3 Å². The van der Waals surface area contributed by atoms with Crippen molar-refractivity contribution in [2.45, 2.75) is 24.5 Å². The molecule has 2 aromatic rings. The predicted octanol–water partition coefficient (Wildman–Crippen LogP) is 2.06. The van der Waals surface area contributed by atoms with Crippen molar-refractivity contribution in [3.8, 4) is 0 Å². The van der Waals surface area contributed by atoms with Crippen LogP contribution in [0.2, 0.25) is 0 Å². The summed E-state index contributed by atoms with van der Waals surface area (Å²) < 4.78 is 11.1. The van der Waals surface area contributed by atoms with Crippen LogP contribution in [0.4, 0.5) is 0 Å². The molecule has 0 radical (unpaired) electrons. The maximum Gasteiger partial charge on any atom is 0.310 e. The van der Waals surface area contributed by atoms with Crippen molar-refractivity contribution in [1.29, 1.82) is 0 Å². The van der Waals surface area contributed by atoms with Crippen LogP contribution in [0.1, 0.15) is 17.5 Å². The standard InChI is InChI=1S/C18H22N2O3/c1-20-10-12(17(21)22-2)8-18(23-3)13-5-4-6-14-16(13)11(9-19-14)7-15(18)20/h4-6,9,12,15,19H,7-8,10H2,1-3H3/t12-,15+,18-/m0/s1. The molecule has 122 valence electrons. The van der Waals surface area contributed by atoms with Gasteiger partial charge in [0.15, 0.2) is 0 Å². The number of H-pyrrole nitrogens is 1. The first-order valence-electron chi connectivity index (χ1n) is 8.03. The van der Waals surface area contributed by atoms with Gasteiger partial charge in [0, 0.05) is 36.8 Å². The van der Waals surface area contributed by atoms with Crippen LogP contribution in [0.15, 0.2) is 24.4 Å². The van der Waals surface area contributed by atoms with Crippen LogP contribution in [-0.2, 0) is 26.3 Å². The number of likely N-dealkylation sites (tertiary alicyclic amines) is 1. The van der Waals surface area contributed by atoms with E-state index in [4.69, 9.17) is 9.47 Å². The second-order valence-electron chi connectivity index (χ2n) is 6.72. The number of hydrogen-bond acceptors (Lipinski definition) is 4. The minimum Gasteiger partial charge on any atom is -0.469 e. The number of benzene rings is 1. The molecule has 0 spiro atoms. The molecule has 1 saturated heterocycles. The van der Waals surface area contributed by atoms with E-state index < -0.39 is 5.60 Å². The number of nitrogens with zero attached hydrogens (tertiary/aromatic N) is 1. The van der Waals surface area contributed by atoms with Crippen LogP contribution >= 0.6 is 0 Å².